The summed E-state index contributed by atoms with van der Waals surface area (Å²) in [5.41, 5.74) is 0.479. The van der Waals surface area contributed by atoms with Crippen molar-refractivity contribution in [2.75, 3.05) is 0 Å². The van der Waals surface area contributed by atoms with Crippen LogP contribution in [0.1, 0.15) is 61.3 Å². The maximum absolute atomic E-state index is 3.66. The van der Waals surface area contributed by atoms with Gasteiger partial charge in [0.15, 0.2) is 0 Å². The monoisotopic (exact) mass is 236 g/mol. The zero-order valence-corrected chi connectivity index (χ0v) is 11.4. The predicted molar refractivity (Wildman–Crippen MR) is 63.0 cm³/mol. The first kappa shape index (κ1) is 15.0. The highest BCUT2D eigenvalue weighted by Crippen LogP contribution is 2.35. The summed E-state index contributed by atoms with van der Waals surface area (Å²) < 4.78 is 0.298. The van der Waals surface area contributed by atoms with Crippen LogP contribution in [0.3, 0.4) is 0 Å². The third-order valence-corrected chi connectivity index (χ3v) is 2.14. The fourth-order valence-electron chi connectivity index (χ4n) is 1.26. The number of alkyl halides is 1. The number of rotatable bonds is 3. The molecule has 1 heteroatoms. The van der Waals surface area contributed by atoms with Crippen LogP contribution in [0, 0.1) is 5.41 Å². The molecule has 0 amide bonds. The maximum Gasteiger partial charge on any atom is 0.0206 e. The Balaban J connectivity index is 0. The Morgan fingerprint density at radius 1 is 1.00 bits per heavy atom. The van der Waals surface area contributed by atoms with Crippen LogP contribution in [0.5, 0.6) is 0 Å². The molecular formula is C11H25Br. The lowest BCUT2D eigenvalue weighted by Crippen LogP contribution is -2.22. The molecule has 76 valence electrons. The topological polar surface area (TPSA) is 0 Å². The summed E-state index contributed by atoms with van der Waals surface area (Å²) in [6, 6.07) is 0. The van der Waals surface area contributed by atoms with E-state index in [-0.39, 0.29) is 0 Å². The molecule has 0 nitrogen and oxygen atoms in total. The molecule has 0 saturated carbocycles. The van der Waals surface area contributed by atoms with Gasteiger partial charge in [-0.1, -0.05) is 70.8 Å². The second-order valence-corrected chi connectivity index (χ2v) is 6.56. The average Bonchev–Trinajstić information content (AvgIpc) is 1.88. The first-order valence-corrected chi connectivity index (χ1v) is 5.75. The van der Waals surface area contributed by atoms with Crippen molar-refractivity contribution < 1.29 is 0 Å². The minimum atomic E-state index is 0.298. The van der Waals surface area contributed by atoms with Crippen molar-refractivity contribution in [1.82, 2.24) is 0 Å². The Bertz CT molecular complexity index is 98.1. The largest absolute Gasteiger partial charge is 0.0859 e. The van der Waals surface area contributed by atoms with Crippen molar-refractivity contribution in [3.63, 3.8) is 0 Å². The number of halogens is 1. The summed E-state index contributed by atoms with van der Waals surface area (Å²) in [5, 5.41) is 0. The van der Waals surface area contributed by atoms with Gasteiger partial charge in [-0.2, -0.15) is 0 Å². The minimum absolute atomic E-state index is 0.298. The quantitative estimate of drug-likeness (QED) is 0.605. The molecule has 0 unspecified atom stereocenters. The molecule has 0 aromatic carbocycles. The molecular weight excluding hydrogens is 212 g/mol. The van der Waals surface area contributed by atoms with E-state index in [4.69, 9.17) is 0 Å². The van der Waals surface area contributed by atoms with Gasteiger partial charge in [0.25, 0.3) is 0 Å². The minimum Gasteiger partial charge on any atom is -0.0859 e. The molecule has 0 spiro atoms. The summed E-state index contributed by atoms with van der Waals surface area (Å²) in [4.78, 5) is 0. The van der Waals surface area contributed by atoms with Crippen LogP contribution in [0.2, 0.25) is 0 Å². The van der Waals surface area contributed by atoms with Gasteiger partial charge < -0.3 is 0 Å². The highest BCUT2D eigenvalue weighted by molar-refractivity contribution is 9.10. The van der Waals surface area contributed by atoms with Gasteiger partial charge in [0.05, 0.1) is 0 Å². The third kappa shape index (κ3) is 10.5. The van der Waals surface area contributed by atoms with E-state index < -0.39 is 0 Å². The summed E-state index contributed by atoms with van der Waals surface area (Å²) >= 11 is 3.66. The second-order valence-electron chi connectivity index (χ2n) is 4.41. The van der Waals surface area contributed by atoms with E-state index in [9.17, 15) is 0 Å². The zero-order chi connectivity index (χ0) is 10.4. The lowest BCUT2D eigenvalue weighted by Gasteiger charge is -2.29. The van der Waals surface area contributed by atoms with Crippen LogP contribution in [0.25, 0.3) is 0 Å². The van der Waals surface area contributed by atoms with Gasteiger partial charge in [-0.25, -0.2) is 0 Å². The van der Waals surface area contributed by atoms with Gasteiger partial charge in [-0.15, -0.1) is 0 Å². The van der Waals surface area contributed by atoms with Crippen LogP contribution in [0.4, 0.5) is 0 Å². The lowest BCUT2D eigenvalue weighted by molar-refractivity contribution is 0.295. The molecule has 0 radical (unpaired) electrons. The fourth-order valence-corrected chi connectivity index (χ4v) is 2.02. The van der Waals surface area contributed by atoms with Crippen molar-refractivity contribution in [2.24, 2.45) is 5.41 Å². The van der Waals surface area contributed by atoms with Crippen LogP contribution in [-0.2, 0) is 0 Å². The Morgan fingerprint density at radius 3 is 1.42 bits per heavy atom. The van der Waals surface area contributed by atoms with Gasteiger partial charge in [0.2, 0.25) is 0 Å². The Morgan fingerprint density at radius 2 is 1.33 bits per heavy atom. The van der Waals surface area contributed by atoms with E-state index in [1.165, 1.54) is 12.8 Å². The molecule has 0 atom stereocenters. The van der Waals surface area contributed by atoms with E-state index in [1.807, 2.05) is 13.8 Å². The Hall–Kier alpha value is 0.480. The molecule has 0 bridgehead atoms. The molecule has 0 heterocycles. The molecule has 0 aromatic rings. The second kappa shape index (κ2) is 6.01. The summed E-state index contributed by atoms with van der Waals surface area (Å²) in [6.45, 7) is 15.3. The summed E-state index contributed by atoms with van der Waals surface area (Å²) in [5.74, 6) is 0. The van der Waals surface area contributed by atoms with Gasteiger partial charge in [0.1, 0.15) is 0 Å². The molecule has 0 aliphatic carbocycles. The zero-order valence-electron chi connectivity index (χ0n) is 9.79. The predicted octanol–water partition coefficient (Wildman–Crippen LogP) is 5.01. The Kier molecular flexibility index (Phi) is 7.50. The molecule has 0 rings (SSSR count). The van der Waals surface area contributed by atoms with Crippen LogP contribution in [0.15, 0.2) is 0 Å². The molecule has 0 N–H and O–H groups in total. The van der Waals surface area contributed by atoms with Crippen molar-refractivity contribution >= 4 is 15.9 Å². The van der Waals surface area contributed by atoms with E-state index in [2.05, 4.69) is 50.5 Å². The molecule has 0 fully saturated rings. The van der Waals surface area contributed by atoms with Gasteiger partial charge >= 0.3 is 0 Å². The number of hydrogen-bond acceptors (Lipinski definition) is 0. The molecule has 0 aliphatic heterocycles. The SMILES string of the molecule is CC.CCC(C)(C)CC(C)(C)Br. The smallest absolute Gasteiger partial charge is 0.0206 e. The van der Waals surface area contributed by atoms with Gasteiger partial charge in [-0.3, -0.25) is 0 Å². The van der Waals surface area contributed by atoms with E-state index in [0.29, 0.717) is 9.74 Å². The molecule has 0 saturated heterocycles. The number of hydrogen-bond donors (Lipinski definition) is 0. The highest BCUT2D eigenvalue weighted by Gasteiger charge is 2.24. The van der Waals surface area contributed by atoms with E-state index in [1.54, 1.807) is 0 Å². The van der Waals surface area contributed by atoms with Crippen LogP contribution in [-0.4, -0.2) is 4.32 Å². The summed E-state index contributed by atoms with van der Waals surface area (Å²) in [7, 11) is 0. The summed E-state index contributed by atoms with van der Waals surface area (Å²) in [6.07, 6.45) is 2.48. The maximum atomic E-state index is 3.66. The van der Waals surface area contributed by atoms with Crippen molar-refractivity contribution in [1.29, 1.82) is 0 Å². The molecule has 12 heavy (non-hydrogen) atoms. The average molecular weight is 237 g/mol. The molecule has 0 aliphatic rings. The van der Waals surface area contributed by atoms with Crippen molar-refractivity contribution in [3.05, 3.63) is 0 Å². The van der Waals surface area contributed by atoms with Crippen LogP contribution >= 0.6 is 15.9 Å². The van der Waals surface area contributed by atoms with E-state index in [0.717, 1.165) is 0 Å². The highest BCUT2D eigenvalue weighted by atomic mass is 79.9. The third-order valence-electron chi connectivity index (χ3n) is 1.86. The van der Waals surface area contributed by atoms with Crippen molar-refractivity contribution in [2.45, 2.75) is 65.6 Å². The van der Waals surface area contributed by atoms with Crippen LogP contribution < -0.4 is 0 Å². The fraction of sp³-hybridized carbons (Fsp3) is 1.00. The van der Waals surface area contributed by atoms with Gasteiger partial charge in [-0.05, 0) is 11.8 Å². The lowest BCUT2D eigenvalue weighted by atomic mass is 9.82. The standard InChI is InChI=1S/C9H19Br.C2H6/c1-6-8(2,3)7-9(4,5)10;1-2/h6-7H2,1-5H3;1-2H3. The first-order chi connectivity index (χ1) is 5.27. The Labute approximate surface area is 87.3 Å². The van der Waals surface area contributed by atoms with Crippen molar-refractivity contribution in [3.8, 4) is 0 Å². The normalized spacial score (nSPS) is 12.0. The molecule has 0 aromatic heterocycles. The van der Waals surface area contributed by atoms with Gasteiger partial charge in [0, 0.05) is 4.32 Å². The van der Waals surface area contributed by atoms with E-state index >= 15 is 0 Å². The first-order valence-electron chi connectivity index (χ1n) is 4.96.